The van der Waals surface area contributed by atoms with Gasteiger partial charge in [0.05, 0.1) is 26.9 Å². The molecule has 1 heterocycles. The monoisotopic (exact) mass is 467 g/mol. The number of cyclic esters (lactones) is 1. The van der Waals surface area contributed by atoms with Gasteiger partial charge in [0.1, 0.15) is 23.7 Å². The Bertz CT molecular complexity index is 1130. The van der Waals surface area contributed by atoms with Crippen molar-refractivity contribution in [3.8, 4) is 11.5 Å². The molecule has 34 heavy (non-hydrogen) atoms. The summed E-state index contributed by atoms with van der Waals surface area (Å²) in [4.78, 5) is 36.1. The zero-order chi connectivity index (χ0) is 24.8. The average Bonchev–Trinajstić information content (AvgIpc) is 3.23. The molecule has 0 spiro atoms. The molecule has 0 unspecified atom stereocenters. The number of fused-ring (bicyclic) bond motifs is 1. The lowest BCUT2D eigenvalue weighted by Crippen LogP contribution is -2.11. The van der Waals surface area contributed by atoms with Crippen molar-refractivity contribution in [2.45, 2.75) is 39.7 Å². The Morgan fingerprint density at radius 1 is 1.06 bits per heavy atom. The van der Waals surface area contributed by atoms with E-state index in [1.165, 1.54) is 14.2 Å². The lowest BCUT2D eigenvalue weighted by molar-refractivity contribution is -0.116. The summed E-state index contributed by atoms with van der Waals surface area (Å²) in [6, 6.07) is 6.52. The van der Waals surface area contributed by atoms with Crippen molar-refractivity contribution in [3.63, 3.8) is 0 Å². The summed E-state index contributed by atoms with van der Waals surface area (Å²) in [6.45, 7) is 4.06. The van der Waals surface area contributed by atoms with Gasteiger partial charge in [0.25, 0.3) is 0 Å². The Morgan fingerprint density at radius 2 is 1.74 bits per heavy atom. The normalized spacial score (nSPS) is 12.6. The predicted octanol–water partition coefficient (Wildman–Crippen LogP) is 4.38. The maximum absolute atomic E-state index is 12.4. The van der Waals surface area contributed by atoms with E-state index in [1.807, 2.05) is 19.9 Å². The molecule has 3 rings (SSSR count). The summed E-state index contributed by atoms with van der Waals surface area (Å²) < 4.78 is 21.1. The quantitative estimate of drug-likeness (QED) is 0.432. The number of anilines is 1. The second-order valence-electron chi connectivity index (χ2n) is 7.97. The number of rotatable bonds is 9. The molecule has 0 bridgehead atoms. The van der Waals surface area contributed by atoms with E-state index in [0.717, 1.165) is 22.3 Å². The van der Waals surface area contributed by atoms with Gasteiger partial charge in [0.2, 0.25) is 5.91 Å². The molecule has 1 N–H and O–H groups in total. The Hall–Kier alpha value is -3.81. The first-order valence-corrected chi connectivity index (χ1v) is 10.9. The van der Waals surface area contributed by atoms with Gasteiger partial charge in [-0.05, 0) is 56.5 Å². The minimum Gasteiger partial charge on any atom is -0.496 e. The van der Waals surface area contributed by atoms with Gasteiger partial charge in [0, 0.05) is 23.2 Å². The third-order valence-electron chi connectivity index (χ3n) is 5.82. The van der Waals surface area contributed by atoms with E-state index in [0.29, 0.717) is 47.6 Å². The highest BCUT2D eigenvalue weighted by Gasteiger charge is 2.32. The number of benzene rings is 2. The van der Waals surface area contributed by atoms with Crippen LogP contribution in [-0.2, 0) is 27.3 Å². The van der Waals surface area contributed by atoms with Gasteiger partial charge in [-0.2, -0.15) is 0 Å². The first kappa shape index (κ1) is 24.8. The summed E-state index contributed by atoms with van der Waals surface area (Å²) in [5.74, 6) is 0.186. The molecule has 0 saturated heterocycles. The summed E-state index contributed by atoms with van der Waals surface area (Å²) in [7, 11) is 4.44. The molecule has 2 aromatic rings. The molecule has 180 valence electrons. The first-order chi connectivity index (χ1) is 16.3. The Labute approximate surface area is 198 Å². The van der Waals surface area contributed by atoms with Crippen LogP contribution in [0.1, 0.15) is 57.2 Å². The highest BCUT2D eigenvalue weighted by atomic mass is 16.5. The van der Waals surface area contributed by atoms with Gasteiger partial charge in [-0.3, -0.25) is 4.79 Å². The van der Waals surface area contributed by atoms with Crippen molar-refractivity contribution in [1.29, 1.82) is 0 Å². The van der Waals surface area contributed by atoms with E-state index in [4.69, 9.17) is 14.2 Å². The minimum atomic E-state index is -0.428. The number of nitrogens with one attached hydrogen (secondary N) is 1. The van der Waals surface area contributed by atoms with Crippen LogP contribution in [0.4, 0.5) is 5.69 Å². The Kier molecular flexibility index (Phi) is 7.94. The van der Waals surface area contributed by atoms with Gasteiger partial charge in [-0.25, -0.2) is 9.59 Å². The molecule has 1 aliphatic rings. The van der Waals surface area contributed by atoms with Crippen molar-refractivity contribution >= 4 is 23.5 Å². The van der Waals surface area contributed by atoms with Crippen LogP contribution in [-0.4, -0.2) is 39.2 Å². The third-order valence-corrected chi connectivity index (χ3v) is 5.82. The van der Waals surface area contributed by atoms with Crippen molar-refractivity contribution in [3.05, 3.63) is 63.7 Å². The largest absolute Gasteiger partial charge is 0.496 e. The van der Waals surface area contributed by atoms with Crippen LogP contribution in [0.15, 0.2) is 35.9 Å². The summed E-state index contributed by atoms with van der Waals surface area (Å²) in [5.41, 5.74) is 4.92. The molecular weight excluding hydrogens is 438 g/mol. The molecule has 0 atom stereocenters. The van der Waals surface area contributed by atoms with E-state index >= 15 is 0 Å². The van der Waals surface area contributed by atoms with Crippen molar-refractivity contribution in [1.82, 2.24) is 0 Å². The van der Waals surface area contributed by atoms with E-state index in [9.17, 15) is 14.4 Å². The lowest BCUT2D eigenvalue weighted by atomic mass is 9.94. The van der Waals surface area contributed by atoms with Gasteiger partial charge >= 0.3 is 11.9 Å². The highest BCUT2D eigenvalue weighted by molar-refractivity contribution is 5.98. The van der Waals surface area contributed by atoms with Crippen LogP contribution in [0, 0.1) is 6.92 Å². The number of hydrogen-bond acceptors (Lipinski definition) is 7. The van der Waals surface area contributed by atoms with E-state index in [2.05, 4.69) is 10.1 Å². The fraction of sp³-hybridized carbons (Fsp3) is 0.346. The number of hydrogen-bond donors (Lipinski definition) is 1. The van der Waals surface area contributed by atoms with Crippen LogP contribution in [0.25, 0.3) is 0 Å². The predicted molar refractivity (Wildman–Crippen MR) is 127 cm³/mol. The molecule has 0 fully saturated rings. The maximum atomic E-state index is 12.4. The molecule has 0 radical (unpaired) electrons. The van der Waals surface area contributed by atoms with Gasteiger partial charge in [-0.1, -0.05) is 11.6 Å². The van der Waals surface area contributed by atoms with Crippen molar-refractivity contribution in [2.24, 2.45) is 0 Å². The van der Waals surface area contributed by atoms with Gasteiger partial charge < -0.3 is 24.3 Å². The first-order valence-electron chi connectivity index (χ1n) is 10.9. The zero-order valence-electron chi connectivity index (χ0n) is 20.1. The molecule has 0 aliphatic carbocycles. The second kappa shape index (κ2) is 10.9. The van der Waals surface area contributed by atoms with E-state index in [1.54, 1.807) is 31.4 Å². The van der Waals surface area contributed by atoms with Crippen LogP contribution in [0.2, 0.25) is 0 Å². The fourth-order valence-electron chi connectivity index (χ4n) is 3.96. The number of methoxy groups -OCH3 is 3. The molecule has 1 amide bonds. The fourth-order valence-corrected chi connectivity index (χ4v) is 3.96. The SMILES string of the molecule is COC(=O)c1ccc(NC(=O)CC/C(C)=C/Cc2c(OC)c(C)c3c(c2OC)C(=O)OC3)cc1. The summed E-state index contributed by atoms with van der Waals surface area (Å²) in [5, 5.41) is 2.82. The van der Waals surface area contributed by atoms with Gasteiger partial charge in [-0.15, -0.1) is 0 Å². The van der Waals surface area contributed by atoms with Gasteiger partial charge in [0.15, 0.2) is 0 Å². The average molecular weight is 468 g/mol. The van der Waals surface area contributed by atoms with E-state index < -0.39 is 11.9 Å². The molecule has 0 saturated carbocycles. The Balaban J connectivity index is 1.66. The zero-order valence-corrected chi connectivity index (χ0v) is 20.1. The number of carbonyl (C=O) groups excluding carboxylic acids is 3. The topological polar surface area (TPSA) is 100 Å². The van der Waals surface area contributed by atoms with Crippen LogP contribution < -0.4 is 14.8 Å². The Morgan fingerprint density at radius 3 is 2.35 bits per heavy atom. The number of amides is 1. The maximum Gasteiger partial charge on any atom is 0.342 e. The highest BCUT2D eigenvalue weighted by Crippen LogP contribution is 2.42. The third kappa shape index (κ3) is 5.22. The molecule has 2 aromatic carbocycles. The molecular formula is C26H29NO7. The van der Waals surface area contributed by atoms with E-state index in [-0.39, 0.29) is 12.5 Å². The minimum absolute atomic E-state index is 0.134. The second-order valence-corrected chi connectivity index (χ2v) is 7.97. The number of allylic oxidation sites excluding steroid dienone is 2. The van der Waals surface area contributed by atoms with Crippen molar-refractivity contribution < 1.29 is 33.3 Å². The van der Waals surface area contributed by atoms with Crippen LogP contribution >= 0.6 is 0 Å². The standard InChI is InChI=1S/C26H29NO7/c1-15(7-13-21(28)27-18-10-8-17(9-11-18)25(29)33-5)6-12-19-23(31-3)16(2)20-14-34-26(30)22(20)24(19)32-4/h6,8-11H,7,12-14H2,1-5H3,(H,27,28)/b15-6+. The summed E-state index contributed by atoms with van der Waals surface area (Å²) in [6.07, 6.45) is 3.34. The molecule has 0 aromatic heterocycles. The summed E-state index contributed by atoms with van der Waals surface area (Å²) >= 11 is 0. The molecule has 8 nitrogen and oxygen atoms in total. The van der Waals surface area contributed by atoms with Crippen LogP contribution in [0.5, 0.6) is 11.5 Å². The molecule has 1 aliphatic heterocycles. The lowest BCUT2D eigenvalue weighted by Gasteiger charge is -2.18. The smallest absolute Gasteiger partial charge is 0.342 e. The molecule has 8 heteroatoms. The number of ether oxygens (including phenoxy) is 4. The van der Waals surface area contributed by atoms with Crippen LogP contribution in [0.3, 0.4) is 0 Å². The number of carbonyl (C=O) groups is 3. The van der Waals surface area contributed by atoms with Crippen molar-refractivity contribution in [2.75, 3.05) is 26.6 Å². The number of esters is 2.